The van der Waals surface area contributed by atoms with Crippen LogP contribution in [0.3, 0.4) is 0 Å². The van der Waals surface area contributed by atoms with E-state index in [1.54, 1.807) is 19.5 Å². The number of benzene rings is 1. The molecule has 34 heavy (non-hydrogen) atoms. The van der Waals surface area contributed by atoms with Crippen molar-refractivity contribution < 1.29 is 20.8 Å². The smallest absolute Gasteiger partial charge is 0.253 e. The molecule has 184 valence electrons. The van der Waals surface area contributed by atoms with E-state index in [0.29, 0.717) is 44.3 Å². The second kappa shape index (κ2) is 9.60. The minimum absolute atomic E-state index is 0. The molecular formula is C26H36N4O4. The number of methoxy groups -OCH3 is 1. The summed E-state index contributed by atoms with van der Waals surface area (Å²) in [6, 6.07) is 9.37. The van der Waals surface area contributed by atoms with Gasteiger partial charge in [0.05, 0.1) is 30.5 Å². The highest BCUT2D eigenvalue weighted by Gasteiger charge is 2.44. The van der Waals surface area contributed by atoms with Crippen molar-refractivity contribution >= 4 is 11.9 Å². The summed E-state index contributed by atoms with van der Waals surface area (Å²) in [6.45, 7) is 3.15. The summed E-state index contributed by atoms with van der Waals surface area (Å²) in [5, 5.41) is 10.8. The second-order valence-corrected chi connectivity index (χ2v) is 9.92. The van der Waals surface area contributed by atoms with E-state index in [0.717, 1.165) is 44.1 Å². The van der Waals surface area contributed by atoms with Crippen LogP contribution in [0.4, 0.5) is 5.95 Å². The fourth-order valence-electron chi connectivity index (χ4n) is 5.71. The van der Waals surface area contributed by atoms with Gasteiger partial charge < -0.3 is 24.4 Å². The maximum atomic E-state index is 13.2. The molecule has 1 aromatic heterocycles. The largest absolute Gasteiger partial charge is 0.385 e. The van der Waals surface area contributed by atoms with E-state index in [9.17, 15) is 9.90 Å². The maximum Gasteiger partial charge on any atom is 0.253 e. The normalized spacial score (nSPS) is 23.9. The predicted octanol–water partition coefficient (Wildman–Crippen LogP) is 3.01. The van der Waals surface area contributed by atoms with Crippen molar-refractivity contribution in [3.8, 4) is 0 Å². The number of rotatable bonds is 5. The zero-order chi connectivity index (χ0) is 23.6. The average Bonchev–Trinajstić information content (AvgIpc) is 3.32. The van der Waals surface area contributed by atoms with Gasteiger partial charge in [-0.2, -0.15) is 0 Å². The molecule has 8 nitrogen and oxygen atoms in total. The van der Waals surface area contributed by atoms with Crippen LogP contribution in [0.2, 0.25) is 0 Å². The second-order valence-electron chi connectivity index (χ2n) is 9.92. The number of ether oxygens (including phenoxy) is 2. The molecule has 2 saturated heterocycles. The van der Waals surface area contributed by atoms with Crippen LogP contribution < -0.4 is 4.90 Å². The third kappa shape index (κ3) is 4.67. The lowest BCUT2D eigenvalue weighted by atomic mass is 9.88. The van der Waals surface area contributed by atoms with Crippen molar-refractivity contribution in [2.75, 3.05) is 44.8 Å². The zero-order valence-corrected chi connectivity index (χ0v) is 19.9. The number of carbonyl (C=O) groups excluding carboxylic acids is 1. The quantitative estimate of drug-likeness (QED) is 0.722. The van der Waals surface area contributed by atoms with E-state index in [2.05, 4.69) is 14.9 Å². The topological polar surface area (TPSA) is 88.0 Å². The Hall–Kier alpha value is -2.55. The van der Waals surface area contributed by atoms with Crippen LogP contribution >= 0.6 is 0 Å². The van der Waals surface area contributed by atoms with Crippen LogP contribution in [0.15, 0.2) is 42.7 Å². The minimum atomic E-state index is -0.732. The number of piperidine rings is 1. The molecule has 1 amide bonds. The average molecular weight is 469 g/mol. The molecule has 1 N–H and O–H groups in total. The minimum Gasteiger partial charge on any atom is -0.385 e. The Morgan fingerprint density at radius 3 is 2.47 bits per heavy atom. The van der Waals surface area contributed by atoms with Crippen molar-refractivity contribution in [1.29, 1.82) is 0 Å². The van der Waals surface area contributed by atoms with Gasteiger partial charge in [0.1, 0.15) is 0 Å². The first-order valence-electron chi connectivity index (χ1n) is 12.3. The highest BCUT2D eigenvalue weighted by molar-refractivity contribution is 5.94. The highest BCUT2D eigenvalue weighted by Crippen LogP contribution is 2.39. The third-order valence-electron chi connectivity index (χ3n) is 7.57. The molecule has 1 atom stereocenters. The van der Waals surface area contributed by atoms with Crippen LogP contribution in [0.1, 0.15) is 55.9 Å². The Balaban J connectivity index is 0.00000289. The fraction of sp³-hybridized carbons (Fsp3) is 0.577. The molecule has 1 saturated carbocycles. The monoisotopic (exact) mass is 468 g/mol. The molecule has 3 heterocycles. The number of hydrogen-bond donors (Lipinski definition) is 1. The molecule has 8 heteroatoms. The van der Waals surface area contributed by atoms with Gasteiger partial charge in [0.2, 0.25) is 5.95 Å². The van der Waals surface area contributed by atoms with Gasteiger partial charge in [0.25, 0.3) is 5.91 Å². The summed E-state index contributed by atoms with van der Waals surface area (Å²) >= 11 is 0. The molecule has 1 spiro atoms. The van der Waals surface area contributed by atoms with E-state index < -0.39 is 5.60 Å². The molecule has 0 bridgehead atoms. The number of aromatic nitrogens is 2. The predicted molar refractivity (Wildman–Crippen MR) is 130 cm³/mol. The lowest BCUT2D eigenvalue weighted by Gasteiger charge is -2.49. The Morgan fingerprint density at radius 2 is 1.82 bits per heavy atom. The van der Waals surface area contributed by atoms with Crippen molar-refractivity contribution in [2.45, 2.75) is 55.8 Å². The number of morpholine rings is 1. The number of amides is 1. The van der Waals surface area contributed by atoms with Gasteiger partial charge in [-0.15, -0.1) is 0 Å². The van der Waals surface area contributed by atoms with Crippen LogP contribution in [0.5, 0.6) is 0 Å². The SMILES string of the molecule is COCC1CN(c2ncccn2)CC2(CCN(C(=O)c3ccc(C4(O)CCCC4)cc3)CC2)O1.[HH]. The number of nitrogens with zero attached hydrogens (tertiary/aromatic N) is 4. The van der Waals surface area contributed by atoms with Gasteiger partial charge in [0, 0.05) is 46.1 Å². The van der Waals surface area contributed by atoms with Crippen LogP contribution in [0, 0.1) is 0 Å². The Labute approximate surface area is 202 Å². The molecule has 1 aliphatic carbocycles. The van der Waals surface area contributed by atoms with Gasteiger partial charge >= 0.3 is 0 Å². The third-order valence-corrected chi connectivity index (χ3v) is 7.57. The Morgan fingerprint density at radius 1 is 1.15 bits per heavy atom. The van der Waals surface area contributed by atoms with Crippen molar-refractivity contribution in [2.24, 2.45) is 0 Å². The first kappa shape index (κ1) is 23.2. The van der Waals surface area contributed by atoms with Crippen LogP contribution in [0.25, 0.3) is 0 Å². The molecule has 0 radical (unpaired) electrons. The maximum absolute atomic E-state index is 13.2. The van der Waals surface area contributed by atoms with E-state index >= 15 is 0 Å². The Kier molecular flexibility index (Phi) is 6.55. The van der Waals surface area contributed by atoms with E-state index in [-0.39, 0.29) is 19.0 Å². The van der Waals surface area contributed by atoms with Gasteiger partial charge in [0.15, 0.2) is 0 Å². The first-order chi connectivity index (χ1) is 16.5. The molecule has 3 fully saturated rings. The van der Waals surface area contributed by atoms with Gasteiger partial charge in [-0.1, -0.05) is 25.0 Å². The molecule has 1 aromatic carbocycles. The standard InChI is InChI=1S/C26H34N4O4.H2/c1-33-18-22-17-30(24-27-13-4-14-28-24)19-25(34-22)11-15-29(16-12-25)23(31)20-5-7-21(8-6-20)26(32)9-2-3-10-26;/h4-8,13-14,22,32H,2-3,9-12,15-19H2,1H3;1H. The van der Waals surface area contributed by atoms with E-state index in [4.69, 9.17) is 9.47 Å². The molecule has 2 aliphatic heterocycles. The Bertz CT molecular complexity index is 977. The molecule has 3 aliphatic rings. The lowest BCUT2D eigenvalue weighted by Crippen LogP contribution is -2.61. The van der Waals surface area contributed by atoms with Crippen molar-refractivity contribution in [1.82, 2.24) is 14.9 Å². The summed E-state index contributed by atoms with van der Waals surface area (Å²) in [4.78, 5) is 26.2. The fourth-order valence-corrected chi connectivity index (χ4v) is 5.71. The summed E-state index contributed by atoms with van der Waals surface area (Å²) < 4.78 is 11.9. The van der Waals surface area contributed by atoms with Crippen LogP contribution in [-0.2, 0) is 15.1 Å². The first-order valence-corrected chi connectivity index (χ1v) is 12.3. The zero-order valence-electron chi connectivity index (χ0n) is 19.9. The summed E-state index contributed by atoms with van der Waals surface area (Å²) in [5.41, 5.74) is 0.502. The number of likely N-dealkylation sites (tertiary alicyclic amines) is 1. The molecule has 2 aromatic rings. The summed E-state index contributed by atoms with van der Waals surface area (Å²) in [5.74, 6) is 0.737. The molecule has 1 unspecified atom stereocenters. The number of hydrogen-bond acceptors (Lipinski definition) is 7. The van der Waals surface area contributed by atoms with E-state index in [1.165, 1.54) is 0 Å². The highest BCUT2D eigenvalue weighted by atomic mass is 16.5. The molecular weight excluding hydrogens is 432 g/mol. The van der Waals surface area contributed by atoms with Crippen molar-refractivity contribution in [3.63, 3.8) is 0 Å². The van der Waals surface area contributed by atoms with Gasteiger partial charge in [-0.05, 0) is 49.4 Å². The van der Waals surface area contributed by atoms with Crippen LogP contribution in [-0.4, -0.2) is 77.5 Å². The van der Waals surface area contributed by atoms with Gasteiger partial charge in [-0.3, -0.25) is 4.79 Å². The number of anilines is 1. The molecule has 5 rings (SSSR count). The number of carbonyl (C=O) groups is 1. The summed E-state index contributed by atoms with van der Waals surface area (Å²) in [6.07, 6.45) is 8.63. The lowest BCUT2D eigenvalue weighted by molar-refractivity contribution is -0.145. The van der Waals surface area contributed by atoms with Crippen molar-refractivity contribution in [3.05, 3.63) is 53.9 Å². The van der Waals surface area contributed by atoms with Gasteiger partial charge in [-0.25, -0.2) is 9.97 Å². The van der Waals surface area contributed by atoms with E-state index in [1.807, 2.05) is 35.2 Å². The number of aliphatic hydroxyl groups is 1. The summed E-state index contributed by atoms with van der Waals surface area (Å²) in [7, 11) is 1.69.